The van der Waals surface area contributed by atoms with E-state index < -0.39 is 17.8 Å². The minimum Gasteiger partial charge on any atom is -0.465 e. The van der Waals surface area contributed by atoms with Gasteiger partial charge in [-0.15, -0.1) is 0 Å². The molecule has 5 heteroatoms. The molecule has 1 heterocycles. The molecule has 0 aliphatic heterocycles. The number of carbonyl (C=O) groups excluding carboxylic acids is 2. The summed E-state index contributed by atoms with van der Waals surface area (Å²) in [5, 5.41) is 3.90. The van der Waals surface area contributed by atoms with Gasteiger partial charge in [0.15, 0.2) is 5.78 Å². The van der Waals surface area contributed by atoms with E-state index in [0.717, 1.165) is 11.1 Å². The molecule has 0 spiro atoms. The number of hydrogen-bond donors (Lipinski definition) is 0. The van der Waals surface area contributed by atoms with Crippen molar-refractivity contribution in [3.05, 3.63) is 64.1 Å². The number of halogens is 1. The van der Waals surface area contributed by atoms with Gasteiger partial charge in [0.1, 0.15) is 11.7 Å². The van der Waals surface area contributed by atoms with Crippen LogP contribution in [0, 0.1) is 11.7 Å². The molecule has 124 valence electrons. The molecule has 0 N–H and O–H groups in total. The molecule has 0 bridgehead atoms. The van der Waals surface area contributed by atoms with E-state index >= 15 is 0 Å². The zero-order valence-corrected chi connectivity index (χ0v) is 14.0. The van der Waals surface area contributed by atoms with Gasteiger partial charge in [0.05, 0.1) is 6.61 Å². The predicted molar refractivity (Wildman–Crippen MR) is 91.2 cm³/mol. The molecule has 1 aromatic carbocycles. The van der Waals surface area contributed by atoms with Gasteiger partial charge in [0.25, 0.3) is 0 Å². The van der Waals surface area contributed by atoms with Gasteiger partial charge in [-0.2, -0.15) is 11.3 Å². The highest BCUT2D eigenvalue weighted by atomic mass is 32.1. The first-order chi connectivity index (χ1) is 11.6. The highest BCUT2D eigenvalue weighted by Crippen LogP contribution is 2.40. The molecule has 24 heavy (non-hydrogen) atoms. The average Bonchev–Trinajstić information content (AvgIpc) is 3.08. The quantitative estimate of drug-likeness (QED) is 0.616. The third-order valence-electron chi connectivity index (χ3n) is 4.17. The summed E-state index contributed by atoms with van der Waals surface area (Å²) in [7, 11) is 0. The number of esters is 1. The summed E-state index contributed by atoms with van der Waals surface area (Å²) in [6.45, 7) is 1.91. The smallest absolute Gasteiger partial charge is 0.317 e. The Morgan fingerprint density at radius 2 is 2.21 bits per heavy atom. The zero-order valence-electron chi connectivity index (χ0n) is 13.2. The molecule has 0 unspecified atom stereocenters. The van der Waals surface area contributed by atoms with E-state index in [9.17, 15) is 14.0 Å². The Labute approximate surface area is 143 Å². The number of allylic oxidation sites excluding steroid dienone is 2. The lowest BCUT2D eigenvalue weighted by Crippen LogP contribution is -2.34. The minimum absolute atomic E-state index is 0.208. The average molecular weight is 344 g/mol. The van der Waals surface area contributed by atoms with Crippen LogP contribution in [0.15, 0.2) is 47.2 Å². The molecule has 0 amide bonds. The lowest BCUT2D eigenvalue weighted by molar-refractivity contribution is -0.151. The third-order valence-corrected chi connectivity index (χ3v) is 4.86. The van der Waals surface area contributed by atoms with Crippen molar-refractivity contribution >= 4 is 28.7 Å². The number of rotatable bonds is 4. The van der Waals surface area contributed by atoms with Gasteiger partial charge in [0.2, 0.25) is 0 Å². The second-order valence-electron chi connectivity index (χ2n) is 5.68. The highest BCUT2D eigenvalue weighted by molar-refractivity contribution is 7.08. The van der Waals surface area contributed by atoms with Crippen molar-refractivity contribution in [1.82, 2.24) is 0 Å². The van der Waals surface area contributed by atoms with Crippen molar-refractivity contribution in [2.45, 2.75) is 19.3 Å². The van der Waals surface area contributed by atoms with Gasteiger partial charge in [-0.1, -0.05) is 12.1 Å². The molecular formula is C19H17FO3S. The lowest BCUT2D eigenvalue weighted by atomic mass is 9.74. The van der Waals surface area contributed by atoms with E-state index in [4.69, 9.17) is 4.74 Å². The van der Waals surface area contributed by atoms with Crippen molar-refractivity contribution in [3.8, 4) is 0 Å². The summed E-state index contributed by atoms with van der Waals surface area (Å²) in [5.41, 5.74) is 2.48. The van der Waals surface area contributed by atoms with Crippen LogP contribution < -0.4 is 0 Å². The Hall–Kier alpha value is -2.27. The monoisotopic (exact) mass is 344 g/mol. The first-order valence-electron chi connectivity index (χ1n) is 7.79. The van der Waals surface area contributed by atoms with Crippen molar-refractivity contribution in [3.63, 3.8) is 0 Å². The number of ether oxygens (including phenoxy) is 1. The maximum Gasteiger partial charge on any atom is 0.317 e. The Morgan fingerprint density at radius 1 is 1.38 bits per heavy atom. The van der Waals surface area contributed by atoms with E-state index in [1.165, 1.54) is 18.2 Å². The number of hydrogen-bond acceptors (Lipinski definition) is 4. The van der Waals surface area contributed by atoms with Crippen LogP contribution in [0.5, 0.6) is 0 Å². The van der Waals surface area contributed by atoms with Crippen LogP contribution in [0.3, 0.4) is 0 Å². The van der Waals surface area contributed by atoms with Crippen LogP contribution in [-0.4, -0.2) is 18.4 Å². The molecular weight excluding hydrogens is 327 g/mol. The molecule has 3 rings (SSSR count). The molecule has 0 saturated carbocycles. The summed E-state index contributed by atoms with van der Waals surface area (Å²) in [4.78, 5) is 24.9. The molecule has 1 aliphatic rings. The zero-order chi connectivity index (χ0) is 17.1. The maximum absolute atomic E-state index is 13.7. The summed E-state index contributed by atoms with van der Waals surface area (Å²) in [6, 6.07) is 8.03. The molecule has 3 nitrogen and oxygen atoms in total. The second kappa shape index (κ2) is 7.09. The Balaban J connectivity index is 2.02. The fourth-order valence-electron chi connectivity index (χ4n) is 3.08. The van der Waals surface area contributed by atoms with Crippen molar-refractivity contribution in [2.24, 2.45) is 5.92 Å². The Bertz CT molecular complexity index is 780. The Kier molecular flexibility index (Phi) is 4.90. The van der Waals surface area contributed by atoms with Crippen LogP contribution in [0.2, 0.25) is 0 Å². The first kappa shape index (κ1) is 16.6. The van der Waals surface area contributed by atoms with Gasteiger partial charge < -0.3 is 4.74 Å². The second-order valence-corrected chi connectivity index (χ2v) is 6.46. The molecule has 0 radical (unpaired) electrons. The SMILES string of the molecule is CCOC(=O)[C@@H]1C(=O)C=C(c2ccsc2)C[C@H]1c1cccc(F)c1. The normalized spacial score (nSPS) is 20.6. The molecule has 2 atom stereocenters. The predicted octanol–water partition coefficient (Wildman–Crippen LogP) is 4.21. The minimum atomic E-state index is -0.922. The molecule has 0 fully saturated rings. The van der Waals surface area contributed by atoms with Gasteiger partial charge >= 0.3 is 5.97 Å². The highest BCUT2D eigenvalue weighted by Gasteiger charge is 2.39. The fourth-order valence-corrected chi connectivity index (χ4v) is 3.76. The first-order valence-corrected chi connectivity index (χ1v) is 8.73. The Morgan fingerprint density at radius 3 is 2.88 bits per heavy atom. The van der Waals surface area contributed by atoms with Gasteiger partial charge in [0, 0.05) is 5.92 Å². The van der Waals surface area contributed by atoms with E-state index in [-0.39, 0.29) is 18.2 Å². The maximum atomic E-state index is 13.7. The van der Waals surface area contributed by atoms with Crippen molar-refractivity contribution in [1.29, 1.82) is 0 Å². The van der Waals surface area contributed by atoms with Gasteiger partial charge in [-0.05, 0) is 65.1 Å². The molecule has 0 saturated heterocycles. The molecule has 1 aromatic heterocycles. The topological polar surface area (TPSA) is 43.4 Å². The largest absolute Gasteiger partial charge is 0.465 e. The van der Waals surface area contributed by atoms with Gasteiger partial charge in [-0.25, -0.2) is 4.39 Å². The standard InChI is InChI=1S/C19H17FO3S/c1-2-23-19(22)18-16(12-4-3-5-15(20)8-12)9-14(10-17(18)21)13-6-7-24-11-13/h3-8,10-11,16,18H,2,9H2,1H3/t16-,18-/m0/s1. The number of ketones is 1. The number of thiophene rings is 1. The summed E-state index contributed by atoms with van der Waals surface area (Å²) in [6.07, 6.45) is 2.02. The fraction of sp³-hybridized carbons (Fsp3) is 0.263. The van der Waals surface area contributed by atoms with E-state index in [1.807, 2.05) is 16.8 Å². The van der Waals surface area contributed by atoms with Crippen molar-refractivity contribution in [2.75, 3.05) is 6.61 Å². The van der Waals surface area contributed by atoms with E-state index in [2.05, 4.69) is 0 Å². The van der Waals surface area contributed by atoms with Crippen LogP contribution >= 0.6 is 11.3 Å². The molecule has 1 aliphatic carbocycles. The van der Waals surface area contributed by atoms with E-state index in [0.29, 0.717) is 12.0 Å². The van der Waals surface area contributed by atoms with Crippen molar-refractivity contribution < 1.29 is 18.7 Å². The van der Waals surface area contributed by atoms with Crippen LogP contribution in [0.1, 0.15) is 30.4 Å². The van der Waals surface area contributed by atoms with Crippen LogP contribution in [-0.2, 0) is 14.3 Å². The summed E-state index contributed by atoms with van der Waals surface area (Å²) in [5.74, 6) is -2.55. The number of carbonyl (C=O) groups is 2. The summed E-state index contributed by atoms with van der Waals surface area (Å²) < 4.78 is 18.7. The molecule has 2 aromatic rings. The lowest BCUT2D eigenvalue weighted by Gasteiger charge is -2.29. The summed E-state index contributed by atoms with van der Waals surface area (Å²) >= 11 is 1.55. The van der Waals surface area contributed by atoms with E-state index in [1.54, 1.807) is 30.4 Å². The van der Waals surface area contributed by atoms with Crippen LogP contribution in [0.4, 0.5) is 4.39 Å². The van der Waals surface area contributed by atoms with Gasteiger partial charge in [-0.3, -0.25) is 9.59 Å². The van der Waals surface area contributed by atoms with Crippen LogP contribution in [0.25, 0.3) is 5.57 Å². The third kappa shape index (κ3) is 3.31. The number of benzene rings is 1.